The van der Waals surface area contributed by atoms with Gasteiger partial charge in [-0.15, -0.1) is 0 Å². The first-order valence-corrected chi connectivity index (χ1v) is 1.85. The van der Waals surface area contributed by atoms with Crippen molar-refractivity contribution in [1.29, 1.82) is 0 Å². The summed E-state index contributed by atoms with van der Waals surface area (Å²) in [6.07, 6.45) is -0.949. The lowest BCUT2D eigenvalue weighted by Crippen LogP contribution is -1.95. The summed E-state index contributed by atoms with van der Waals surface area (Å²) in [5, 5.41) is 7.96. The van der Waals surface area contributed by atoms with Gasteiger partial charge in [0.15, 0.2) is 0 Å². The highest BCUT2D eigenvalue weighted by Gasteiger charge is 1.91. The molecule has 0 saturated heterocycles. The van der Waals surface area contributed by atoms with E-state index in [0.29, 0.717) is 0 Å². The van der Waals surface area contributed by atoms with Gasteiger partial charge in [0.25, 0.3) is 0 Å². The molecule has 0 aromatic carbocycles. The highest BCUT2D eigenvalue weighted by atomic mass is 19.1. The van der Waals surface area contributed by atoms with Gasteiger partial charge in [0.2, 0.25) is 0 Å². The van der Waals surface area contributed by atoms with Crippen LogP contribution >= 0.6 is 0 Å². The minimum absolute atomic E-state index is 0.106. The minimum Gasteiger partial charge on any atom is -0.396 e. The van der Waals surface area contributed by atoms with Crippen molar-refractivity contribution in [3.63, 3.8) is 0 Å². The molecule has 1 unspecified atom stereocenters. The number of alkyl halides is 1. The van der Waals surface area contributed by atoms with Crippen LogP contribution in [-0.2, 0) is 0 Å². The zero-order valence-electron chi connectivity index (χ0n) is 3.52. The molecule has 37 valence electrons. The fourth-order valence-corrected chi connectivity index (χ4v) is 0.140. The van der Waals surface area contributed by atoms with E-state index in [1.54, 1.807) is 0 Å². The summed E-state index contributed by atoms with van der Waals surface area (Å²) < 4.78 is 11.4. The molecule has 0 saturated carbocycles. The summed E-state index contributed by atoms with van der Waals surface area (Å²) in [6, 6.07) is 0. The Morgan fingerprint density at radius 2 is 2.33 bits per heavy atom. The Kier molecular flexibility index (Phi) is 3.04. The van der Waals surface area contributed by atoms with Crippen molar-refractivity contribution >= 4 is 0 Å². The van der Waals surface area contributed by atoms with Gasteiger partial charge in [-0.05, 0) is 6.92 Å². The zero-order chi connectivity index (χ0) is 4.99. The molecular weight excluding hydrogens is 83.0 g/mol. The topological polar surface area (TPSA) is 20.2 Å². The molecule has 1 N–H and O–H groups in total. The molecule has 0 fully saturated rings. The van der Waals surface area contributed by atoms with Gasteiger partial charge >= 0.3 is 0 Å². The van der Waals surface area contributed by atoms with Gasteiger partial charge in [-0.2, -0.15) is 0 Å². The van der Waals surface area contributed by atoms with E-state index >= 15 is 0 Å². The lowest BCUT2D eigenvalue weighted by atomic mass is 10.3. The molecule has 0 aliphatic heterocycles. The molecule has 0 aromatic heterocycles. The number of aliphatic hydroxyl groups excluding tert-OH is 1. The maximum absolute atomic E-state index is 11.4. The van der Waals surface area contributed by atoms with E-state index < -0.39 is 6.17 Å². The summed E-state index contributed by atoms with van der Waals surface area (Å²) in [6.45, 7) is 2.90. The molecule has 2 heteroatoms. The van der Waals surface area contributed by atoms with Gasteiger partial charge in [0.1, 0.15) is 6.17 Å². The third-order valence-electron chi connectivity index (χ3n) is 0.442. The summed E-state index contributed by atoms with van der Waals surface area (Å²) in [4.78, 5) is 0. The summed E-state index contributed by atoms with van der Waals surface area (Å²) in [5.74, 6) is 0. The number of hydrogen-bond donors (Lipinski definition) is 1. The van der Waals surface area contributed by atoms with E-state index in [9.17, 15) is 4.39 Å². The fourth-order valence-electron chi connectivity index (χ4n) is 0.140. The summed E-state index contributed by atoms with van der Waals surface area (Å²) in [5.41, 5.74) is 0. The van der Waals surface area contributed by atoms with Crippen molar-refractivity contribution < 1.29 is 9.50 Å². The Labute approximate surface area is 36.8 Å². The van der Waals surface area contributed by atoms with E-state index in [4.69, 9.17) is 5.11 Å². The normalized spacial score (nSPS) is 14.5. The lowest BCUT2D eigenvalue weighted by Gasteiger charge is -1.91. The Hall–Kier alpha value is -0.110. The molecule has 0 rings (SSSR count). The lowest BCUT2D eigenvalue weighted by molar-refractivity contribution is 0.243. The van der Waals surface area contributed by atoms with E-state index in [-0.39, 0.29) is 13.0 Å². The van der Waals surface area contributed by atoms with Crippen molar-refractivity contribution in [3.8, 4) is 0 Å². The van der Waals surface area contributed by atoms with Crippen molar-refractivity contribution in [1.82, 2.24) is 0 Å². The molecule has 0 aromatic rings. The Bertz CT molecular complexity index is 28.7. The third kappa shape index (κ3) is 3.89. The largest absolute Gasteiger partial charge is 0.396 e. The van der Waals surface area contributed by atoms with E-state index in [1.165, 1.54) is 0 Å². The summed E-state index contributed by atoms with van der Waals surface area (Å²) in [7, 11) is 0. The first-order valence-electron chi connectivity index (χ1n) is 1.85. The van der Waals surface area contributed by atoms with Crippen LogP contribution in [0.15, 0.2) is 0 Å². The standard InChI is InChI=1S/C4H8FO/c1-4(5)2-3-6/h4,6H,1-3H2. The van der Waals surface area contributed by atoms with Gasteiger partial charge in [-0.25, -0.2) is 4.39 Å². The predicted octanol–water partition coefficient (Wildman–Crippen LogP) is 0.541. The fraction of sp³-hybridized carbons (Fsp3) is 0.750. The van der Waals surface area contributed by atoms with Crippen LogP contribution in [0.5, 0.6) is 0 Å². The second kappa shape index (κ2) is 3.09. The molecule has 1 atom stereocenters. The van der Waals surface area contributed by atoms with E-state index in [2.05, 4.69) is 6.92 Å². The second-order valence-electron chi connectivity index (χ2n) is 1.11. The van der Waals surface area contributed by atoms with Crippen molar-refractivity contribution in [2.24, 2.45) is 0 Å². The van der Waals surface area contributed by atoms with Crippen LogP contribution in [0.1, 0.15) is 6.42 Å². The maximum atomic E-state index is 11.4. The highest BCUT2D eigenvalue weighted by Crippen LogP contribution is 1.90. The molecule has 0 heterocycles. The van der Waals surface area contributed by atoms with Crippen LogP contribution in [0, 0.1) is 6.92 Å². The van der Waals surface area contributed by atoms with E-state index in [1.807, 2.05) is 0 Å². The SMILES string of the molecule is [CH2]C(F)CCO. The van der Waals surface area contributed by atoms with Crippen LogP contribution in [0.4, 0.5) is 4.39 Å². The van der Waals surface area contributed by atoms with Crippen LogP contribution in [0.25, 0.3) is 0 Å². The Morgan fingerprint density at radius 3 is 2.33 bits per heavy atom. The molecule has 0 bridgehead atoms. The Morgan fingerprint density at radius 1 is 1.83 bits per heavy atom. The molecule has 0 aliphatic rings. The average molecular weight is 91.1 g/mol. The van der Waals surface area contributed by atoms with Crippen molar-refractivity contribution in [2.75, 3.05) is 6.61 Å². The summed E-state index contributed by atoms with van der Waals surface area (Å²) >= 11 is 0. The first kappa shape index (κ1) is 5.89. The number of rotatable bonds is 2. The van der Waals surface area contributed by atoms with Gasteiger partial charge in [-0.3, -0.25) is 0 Å². The van der Waals surface area contributed by atoms with Crippen LogP contribution in [0.3, 0.4) is 0 Å². The van der Waals surface area contributed by atoms with Crippen molar-refractivity contribution in [3.05, 3.63) is 6.92 Å². The first-order chi connectivity index (χ1) is 2.77. The second-order valence-corrected chi connectivity index (χ2v) is 1.11. The highest BCUT2D eigenvalue weighted by molar-refractivity contribution is 4.53. The van der Waals surface area contributed by atoms with Crippen LogP contribution in [-0.4, -0.2) is 17.9 Å². The average Bonchev–Trinajstić information content (AvgIpc) is 1.35. The molecular formula is C4H8FO. The Balaban J connectivity index is 2.63. The van der Waals surface area contributed by atoms with Gasteiger partial charge in [0.05, 0.1) is 0 Å². The molecule has 1 radical (unpaired) electrons. The molecule has 0 amide bonds. The predicted molar refractivity (Wildman–Crippen MR) is 22.0 cm³/mol. The number of halogens is 1. The smallest absolute Gasteiger partial charge is 0.102 e. The maximum Gasteiger partial charge on any atom is 0.102 e. The number of hydrogen-bond acceptors (Lipinski definition) is 1. The van der Waals surface area contributed by atoms with Gasteiger partial charge < -0.3 is 5.11 Å². The van der Waals surface area contributed by atoms with Crippen molar-refractivity contribution in [2.45, 2.75) is 12.6 Å². The van der Waals surface area contributed by atoms with Gasteiger partial charge in [0, 0.05) is 13.0 Å². The molecule has 0 spiro atoms. The molecule has 6 heavy (non-hydrogen) atoms. The zero-order valence-corrected chi connectivity index (χ0v) is 3.52. The minimum atomic E-state index is -1.10. The monoisotopic (exact) mass is 91.1 g/mol. The molecule has 0 aliphatic carbocycles. The third-order valence-corrected chi connectivity index (χ3v) is 0.442. The quantitative estimate of drug-likeness (QED) is 0.526. The van der Waals surface area contributed by atoms with Crippen LogP contribution in [0.2, 0.25) is 0 Å². The van der Waals surface area contributed by atoms with E-state index in [0.717, 1.165) is 0 Å². The van der Waals surface area contributed by atoms with Gasteiger partial charge in [-0.1, -0.05) is 0 Å². The molecule has 1 nitrogen and oxygen atoms in total. The van der Waals surface area contributed by atoms with Crippen LogP contribution < -0.4 is 0 Å². The number of aliphatic hydroxyl groups is 1.